The minimum absolute atomic E-state index is 0.320. The topological polar surface area (TPSA) is 53.2 Å². The summed E-state index contributed by atoms with van der Waals surface area (Å²) < 4.78 is 5.69. The molecule has 2 rings (SSSR count). The summed E-state index contributed by atoms with van der Waals surface area (Å²) in [6.45, 7) is 6.81. The van der Waals surface area contributed by atoms with Crippen molar-refractivity contribution in [3.05, 3.63) is 0 Å². The van der Waals surface area contributed by atoms with Crippen LogP contribution in [0.4, 0.5) is 0 Å². The van der Waals surface area contributed by atoms with E-state index in [2.05, 4.69) is 13.0 Å². The first kappa shape index (κ1) is 13.8. The molecule has 102 valence electrons. The Kier molecular flexibility index (Phi) is 3.46. The predicted molar refractivity (Wildman–Crippen MR) is 69.9 cm³/mol. The maximum Gasteiger partial charge on any atom is 0.0882 e. The molecule has 1 N–H and O–H groups in total. The van der Waals surface area contributed by atoms with Crippen LogP contribution in [-0.4, -0.2) is 22.9 Å². The van der Waals surface area contributed by atoms with E-state index < -0.39 is 11.0 Å². The molecule has 1 heterocycles. The average molecular weight is 251 g/mol. The van der Waals surface area contributed by atoms with Crippen LogP contribution in [0.3, 0.4) is 0 Å². The monoisotopic (exact) mass is 251 g/mol. The van der Waals surface area contributed by atoms with Gasteiger partial charge in [0.25, 0.3) is 0 Å². The molecule has 3 heteroatoms. The molecule has 1 aliphatic carbocycles. The van der Waals surface area contributed by atoms with Crippen LogP contribution in [0.15, 0.2) is 0 Å². The number of hydrogen-bond acceptors (Lipinski definition) is 3. The lowest BCUT2D eigenvalue weighted by molar-refractivity contribution is -0.189. The molecule has 2 fully saturated rings. The third kappa shape index (κ3) is 2.29. The summed E-state index contributed by atoms with van der Waals surface area (Å²) in [6.07, 6.45) is 4.93. The second-order valence-electron chi connectivity index (χ2n) is 6.94. The van der Waals surface area contributed by atoms with Gasteiger partial charge in [0, 0.05) is 12.8 Å². The summed E-state index contributed by atoms with van der Waals surface area (Å²) in [6, 6.07) is 2.48. The summed E-state index contributed by atoms with van der Waals surface area (Å²) >= 11 is 0. The molecule has 1 saturated heterocycles. The van der Waals surface area contributed by atoms with Crippen LogP contribution in [0.2, 0.25) is 0 Å². The first-order chi connectivity index (χ1) is 8.33. The molecule has 2 aliphatic rings. The maximum atomic E-state index is 11.1. The Hall–Kier alpha value is -0.590. The molecule has 0 amide bonds. The minimum Gasteiger partial charge on any atom is -0.388 e. The zero-order valence-corrected chi connectivity index (χ0v) is 11.8. The largest absolute Gasteiger partial charge is 0.388 e. The number of ether oxygens (including phenoxy) is 1. The number of nitriles is 1. The van der Waals surface area contributed by atoms with Crippen molar-refractivity contribution in [2.45, 2.75) is 70.5 Å². The number of rotatable bonds is 1. The summed E-state index contributed by atoms with van der Waals surface area (Å²) in [5, 5.41) is 20.7. The van der Waals surface area contributed by atoms with Gasteiger partial charge in [0.2, 0.25) is 0 Å². The van der Waals surface area contributed by atoms with E-state index in [9.17, 15) is 10.4 Å². The van der Waals surface area contributed by atoms with E-state index >= 15 is 0 Å². The standard InChI is InChI=1S/C15H25NO2/c1-12-4-6-14(11-16,7-5-12)15(17)8-9-18-13(2,3)10-15/h12,17H,4-10H2,1-3H3. The van der Waals surface area contributed by atoms with E-state index in [4.69, 9.17) is 4.74 Å². The van der Waals surface area contributed by atoms with Crippen molar-refractivity contribution in [1.82, 2.24) is 0 Å². The summed E-state index contributed by atoms with van der Waals surface area (Å²) in [5.41, 5.74) is -1.75. The molecule has 1 atom stereocenters. The molecule has 0 aromatic carbocycles. The molecule has 1 saturated carbocycles. The molecular weight excluding hydrogens is 226 g/mol. The van der Waals surface area contributed by atoms with Gasteiger partial charge in [0.15, 0.2) is 0 Å². The molecule has 1 unspecified atom stereocenters. The lowest BCUT2D eigenvalue weighted by atomic mass is 9.58. The van der Waals surface area contributed by atoms with Gasteiger partial charge in [-0.25, -0.2) is 0 Å². The van der Waals surface area contributed by atoms with E-state index in [-0.39, 0.29) is 5.60 Å². The molecule has 0 aromatic rings. The lowest BCUT2D eigenvalue weighted by Gasteiger charge is -2.51. The van der Waals surface area contributed by atoms with E-state index in [1.54, 1.807) is 0 Å². The van der Waals surface area contributed by atoms with Gasteiger partial charge in [-0.1, -0.05) is 6.92 Å². The third-order valence-corrected chi connectivity index (χ3v) is 4.96. The minimum atomic E-state index is -0.871. The number of hydrogen-bond donors (Lipinski definition) is 1. The van der Waals surface area contributed by atoms with Crippen LogP contribution in [0, 0.1) is 22.7 Å². The molecule has 0 radical (unpaired) electrons. The molecule has 1 aliphatic heterocycles. The predicted octanol–water partition coefficient (Wildman–Crippen LogP) is 3.03. The number of aliphatic hydroxyl groups is 1. The molecule has 0 bridgehead atoms. The Morgan fingerprint density at radius 3 is 2.33 bits per heavy atom. The number of nitrogens with zero attached hydrogens (tertiary/aromatic N) is 1. The van der Waals surface area contributed by atoms with Crippen LogP contribution < -0.4 is 0 Å². The van der Waals surface area contributed by atoms with Crippen molar-refractivity contribution in [2.24, 2.45) is 11.3 Å². The van der Waals surface area contributed by atoms with Gasteiger partial charge in [0.05, 0.1) is 29.3 Å². The Morgan fingerprint density at radius 1 is 1.22 bits per heavy atom. The van der Waals surface area contributed by atoms with Crippen molar-refractivity contribution in [3.63, 3.8) is 0 Å². The summed E-state index contributed by atoms with van der Waals surface area (Å²) in [4.78, 5) is 0. The molecule has 18 heavy (non-hydrogen) atoms. The van der Waals surface area contributed by atoms with Crippen LogP contribution in [0.5, 0.6) is 0 Å². The Labute approximate surface area is 110 Å². The van der Waals surface area contributed by atoms with Crippen LogP contribution in [-0.2, 0) is 4.74 Å². The fourth-order valence-corrected chi connectivity index (χ4v) is 3.68. The molecule has 3 nitrogen and oxygen atoms in total. The second-order valence-corrected chi connectivity index (χ2v) is 6.94. The quantitative estimate of drug-likeness (QED) is 0.779. The zero-order valence-electron chi connectivity index (χ0n) is 11.8. The summed E-state index contributed by atoms with van der Waals surface area (Å²) in [7, 11) is 0. The van der Waals surface area contributed by atoms with Crippen molar-refractivity contribution in [2.75, 3.05) is 6.61 Å². The second kappa shape index (κ2) is 4.51. The first-order valence-electron chi connectivity index (χ1n) is 7.10. The van der Waals surface area contributed by atoms with Crippen LogP contribution >= 0.6 is 0 Å². The van der Waals surface area contributed by atoms with Gasteiger partial charge >= 0.3 is 0 Å². The van der Waals surface area contributed by atoms with E-state index in [1.807, 2.05) is 13.8 Å². The van der Waals surface area contributed by atoms with Gasteiger partial charge < -0.3 is 9.84 Å². The smallest absolute Gasteiger partial charge is 0.0882 e. The zero-order chi connectivity index (χ0) is 13.4. The molecule has 0 spiro atoms. The Morgan fingerprint density at radius 2 is 1.83 bits per heavy atom. The molecule has 0 aromatic heterocycles. The Balaban J connectivity index is 2.24. The van der Waals surface area contributed by atoms with Gasteiger partial charge in [-0.3, -0.25) is 0 Å². The van der Waals surface area contributed by atoms with E-state index in [0.29, 0.717) is 25.4 Å². The van der Waals surface area contributed by atoms with Gasteiger partial charge in [-0.15, -0.1) is 0 Å². The SMILES string of the molecule is CC1CCC(C#N)(C2(O)CCOC(C)(C)C2)CC1. The normalized spacial score (nSPS) is 44.3. The third-order valence-electron chi connectivity index (χ3n) is 4.96. The highest BCUT2D eigenvalue weighted by Crippen LogP contribution is 2.52. The lowest BCUT2D eigenvalue weighted by Crippen LogP contribution is -2.56. The van der Waals surface area contributed by atoms with Crippen molar-refractivity contribution in [3.8, 4) is 6.07 Å². The van der Waals surface area contributed by atoms with E-state index in [1.165, 1.54) is 0 Å². The maximum absolute atomic E-state index is 11.1. The first-order valence-corrected chi connectivity index (χ1v) is 7.10. The highest BCUT2D eigenvalue weighted by molar-refractivity contribution is 5.15. The van der Waals surface area contributed by atoms with Crippen LogP contribution in [0.1, 0.15) is 59.3 Å². The van der Waals surface area contributed by atoms with Gasteiger partial charge in [0.1, 0.15) is 0 Å². The Bertz CT molecular complexity index is 350. The van der Waals surface area contributed by atoms with Crippen LogP contribution in [0.25, 0.3) is 0 Å². The van der Waals surface area contributed by atoms with Crippen molar-refractivity contribution < 1.29 is 9.84 Å². The van der Waals surface area contributed by atoms with Crippen molar-refractivity contribution >= 4 is 0 Å². The fraction of sp³-hybridized carbons (Fsp3) is 0.933. The van der Waals surface area contributed by atoms with Gasteiger partial charge in [-0.2, -0.15) is 5.26 Å². The summed E-state index contributed by atoms with van der Waals surface area (Å²) in [5.74, 6) is 0.683. The average Bonchev–Trinajstić information content (AvgIpc) is 2.28. The fourth-order valence-electron chi connectivity index (χ4n) is 3.68. The van der Waals surface area contributed by atoms with Gasteiger partial charge in [-0.05, 0) is 45.4 Å². The highest BCUT2D eigenvalue weighted by Gasteiger charge is 2.55. The molecular formula is C15H25NO2. The van der Waals surface area contributed by atoms with E-state index in [0.717, 1.165) is 25.7 Å². The van der Waals surface area contributed by atoms with Crippen molar-refractivity contribution in [1.29, 1.82) is 5.26 Å². The highest BCUT2D eigenvalue weighted by atomic mass is 16.5.